The van der Waals surface area contributed by atoms with E-state index >= 15 is 0 Å². The fourth-order valence-corrected chi connectivity index (χ4v) is 5.13. The van der Waals surface area contributed by atoms with Crippen molar-refractivity contribution in [1.29, 1.82) is 0 Å². The third-order valence-electron chi connectivity index (χ3n) is 6.28. The third kappa shape index (κ3) is 3.80. The highest BCUT2D eigenvalue weighted by atomic mass is 32.2. The second-order valence-corrected chi connectivity index (χ2v) is 8.90. The van der Waals surface area contributed by atoms with E-state index in [9.17, 15) is 4.39 Å². The van der Waals surface area contributed by atoms with Gasteiger partial charge in [0.1, 0.15) is 5.82 Å². The lowest BCUT2D eigenvalue weighted by Crippen LogP contribution is -2.49. The van der Waals surface area contributed by atoms with Crippen molar-refractivity contribution >= 4 is 11.8 Å². The van der Waals surface area contributed by atoms with E-state index in [0.717, 1.165) is 32.6 Å². The van der Waals surface area contributed by atoms with Crippen molar-refractivity contribution in [3.05, 3.63) is 65.0 Å². The first-order valence-electron chi connectivity index (χ1n) is 9.98. The smallest absolute Gasteiger partial charge is 0.123 e. The molecule has 1 saturated heterocycles. The summed E-state index contributed by atoms with van der Waals surface area (Å²) in [5.41, 5.74) is 4.14. The van der Waals surface area contributed by atoms with Gasteiger partial charge >= 0.3 is 0 Å². The van der Waals surface area contributed by atoms with Gasteiger partial charge in [0.05, 0.1) is 0 Å². The normalized spacial score (nSPS) is 23.7. The Balaban J connectivity index is 1.63. The quantitative estimate of drug-likeness (QED) is 0.673. The van der Waals surface area contributed by atoms with Gasteiger partial charge in [0.25, 0.3) is 0 Å². The van der Waals surface area contributed by atoms with Crippen molar-refractivity contribution in [2.75, 3.05) is 32.4 Å². The highest BCUT2D eigenvalue weighted by Gasteiger charge is 2.36. The first-order chi connectivity index (χ1) is 13.1. The van der Waals surface area contributed by atoms with Crippen LogP contribution in [0.4, 0.5) is 4.39 Å². The molecule has 4 heteroatoms. The standard InChI is InChI=1S/C23H29FN2S/c1-16(2)25-10-12-26(13-11-25)23-15-21(17-4-6-18(24)7-5-17)20-9-8-19(27-3)14-22(20)23/h4-9,14,16,21,23H,10-13,15H2,1-3H3/t21-,23+/m1/s1. The predicted molar refractivity (Wildman–Crippen MR) is 112 cm³/mol. The second-order valence-electron chi connectivity index (χ2n) is 8.02. The molecule has 0 saturated carbocycles. The van der Waals surface area contributed by atoms with Gasteiger partial charge in [0, 0.05) is 49.1 Å². The minimum absolute atomic E-state index is 0.156. The van der Waals surface area contributed by atoms with Crippen molar-refractivity contribution in [2.45, 2.75) is 43.2 Å². The molecule has 0 bridgehead atoms. The van der Waals surface area contributed by atoms with Crippen LogP contribution in [-0.2, 0) is 0 Å². The summed E-state index contributed by atoms with van der Waals surface area (Å²) in [5.74, 6) is 0.209. The van der Waals surface area contributed by atoms with E-state index in [2.05, 4.69) is 48.1 Å². The van der Waals surface area contributed by atoms with Gasteiger partial charge in [-0.3, -0.25) is 9.80 Å². The Labute approximate surface area is 166 Å². The van der Waals surface area contributed by atoms with E-state index in [0.29, 0.717) is 18.0 Å². The maximum absolute atomic E-state index is 13.4. The monoisotopic (exact) mass is 384 g/mol. The zero-order valence-electron chi connectivity index (χ0n) is 16.5. The van der Waals surface area contributed by atoms with Gasteiger partial charge in [0.2, 0.25) is 0 Å². The molecule has 2 aromatic carbocycles. The average Bonchev–Trinajstić information content (AvgIpc) is 3.07. The van der Waals surface area contributed by atoms with E-state index in [1.807, 2.05) is 23.9 Å². The molecule has 0 radical (unpaired) electrons. The Morgan fingerprint density at radius 2 is 1.67 bits per heavy atom. The zero-order valence-corrected chi connectivity index (χ0v) is 17.3. The lowest BCUT2D eigenvalue weighted by atomic mass is 9.93. The van der Waals surface area contributed by atoms with Crippen LogP contribution in [0.3, 0.4) is 0 Å². The van der Waals surface area contributed by atoms with Crippen LogP contribution in [0, 0.1) is 5.82 Å². The van der Waals surface area contributed by atoms with Crippen molar-refractivity contribution in [2.24, 2.45) is 0 Å². The number of hydrogen-bond acceptors (Lipinski definition) is 3. The van der Waals surface area contributed by atoms with Gasteiger partial charge in [-0.15, -0.1) is 11.8 Å². The summed E-state index contributed by atoms with van der Waals surface area (Å²) in [7, 11) is 0. The summed E-state index contributed by atoms with van der Waals surface area (Å²) < 4.78 is 13.4. The Bertz CT molecular complexity index is 781. The van der Waals surface area contributed by atoms with Crippen molar-refractivity contribution in [3.63, 3.8) is 0 Å². The van der Waals surface area contributed by atoms with Crippen LogP contribution in [-0.4, -0.2) is 48.3 Å². The van der Waals surface area contributed by atoms with Crippen LogP contribution in [0.15, 0.2) is 47.4 Å². The Morgan fingerprint density at radius 1 is 0.963 bits per heavy atom. The topological polar surface area (TPSA) is 6.48 Å². The molecule has 4 rings (SSSR count). The molecular formula is C23H29FN2S. The highest BCUT2D eigenvalue weighted by molar-refractivity contribution is 7.98. The lowest BCUT2D eigenvalue weighted by molar-refractivity contribution is 0.0772. The summed E-state index contributed by atoms with van der Waals surface area (Å²) in [6.45, 7) is 9.12. The largest absolute Gasteiger partial charge is 0.298 e. The van der Waals surface area contributed by atoms with E-state index in [4.69, 9.17) is 0 Å². The molecule has 1 heterocycles. The van der Waals surface area contributed by atoms with Gasteiger partial charge in [-0.1, -0.05) is 18.2 Å². The van der Waals surface area contributed by atoms with Crippen LogP contribution in [0.5, 0.6) is 0 Å². The molecule has 1 fully saturated rings. The van der Waals surface area contributed by atoms with Crippen molar-refractivity contribution in [1.82, 2.24) is 9.80 Å². The second kappa shape index (κ2) is 7.94. The van der Waals surface area contributed by atoms with Crippen LogP contribution >= 0.6 is 11.8 Å². The highest BCUT2D eigenvalue weighted by Crippen LogP contribution is 2.47. The average molecular weight is 385 g/mol. The number of rotatable bonds is 4. The molecule has 2 aromatic rings. The Hall–Kier alpha value is -1.36. The van der Waals surface area contributed by atoms with Gasteiger partial charge in [-0.05, 0) is 67.5 Å². The first-order valence-corrected chi connectivity index (χ1v) is 11.2. The number of thioether (sulfide) groups is 1. The lowest BCUT2D eigenvalue weighted by Gasteiger charge is -2.40. The minimum atomic E-state index is -0.156. The molecule has 1 aliphatic heterocycles. The molecule has 0 N–H and O–H groups in total. The SMILES string of the molecule is CSc1ccc2c(c1)[C@@H](N1CCN(C(C)C)CC1)C[C@@H]2c1ccc(F)cc1. The van der Waals surface area contributed by atoms with Gasteiger partial charge in [-0.25, -0.2) is 4.39 Å². The van der Waals surface area contributed by atoms with E-state index in [-0.39, 0.29) is 5.82 Å². The fraction of sp³-hybridized carbons (Fsp3) is 0.478. The van der Waals surface area contributed by atoms with Crippen LogP contribution in [0.1, 0.15) is 48.9 Å². The molecule has 144 valence electrons. The number of piperazine rings is 1. The number of nitrogens with zero attached hydrogens (tertiary/aromatic N) is 2. The van der Waals surface area contributed by atoms with E-state index in [1.54, 1.807) is 12.1 Å². The molecule has 2 nitrogen and oxygen atoms in total. The molecular weight excluding hydrogens is 355 g/mol. The number of hydrogen-bond donors (Lipinski definition) is 0. The third-order valence-corrected chi connectivity index (χ3v) is 7.00. The molecule has 0 amide bonds. The Kier molecular flexibility index (Phi) is 5.58. The van der Waals surface area contributed by atoms with Crippen molar-refractivity contribution in [3.8, 4) is 0 Å². The summed E-state index contributed by atoms with van der Waals surface area (Å²) in [6.07, 6.45) is 3.24. The molecule has 27 heavy (non-hydrogen) atoms. The van der Waals surface area contributed by atoms with E-state index in [1.165, 1.54) is 21.6 Å². The maximum atomic E-state index is 13.4. The molecule has 0 unspecified atom stereocenters. The summed E-state index contributed by atoms with van der Waals surface area (Å²) >= 11 is 1.81. The molecule has 2 atom stereocenters. The Morgan fingerprint density at radius 3 is 2.30 bits per heavy atom. The van der Waals surface area contributed by atoms with Crippen molar-refractivity contribution < 1.29 is 4.39 Å². The molecule has 0 spiro atoms. The number of fused-ring (bicyclic) bond motifs is 1. The minimum Gasteiger partial charge on any atom is -0.298 e. The first kappa shape index (κ1) is 19.0. The number of benzene rings is 2. The molecule has 0 aromatic heterocycles. The maximum Gasteiger partial charge on any atom is 0.123 e. The number of halogens is 1. The molecule has 2 aliphatic rings. The summed E-state index contributed by atoms with van der Waals surface area (Å²) in [4.78, 5) is 6.58. The zero-order chi connectivity index (χ0) is 19.0. The van der Waals surface area contributed by atoms with Crippen LogP contribution < -0.4 is 0 Å². The van der Waals surface area contributed by atoms with Gasteiger partial charge in [-0.2, -0.15) is 0 Å². The van der Waals surface area contributed by atoms with Gasteiger partial charge in [0.15, 0.2) is 0 Å². The van der Waals surface area contributed by atoms with Crippen LogP contribution in [0.25, 0.3) is 0 Å². The fourth-order valence-electron chi connectivity index (χ4n) is 4.68. The van der Waals surface area contributed by atoms with Crippen LogP contribution in [0.2, 0.25) is 0 Å². The predicted octanol–water partition coefficient (Wildman–Crippen LogP) is 5.15. The summed E-state index contributed by atoms with van der Waals surface area (Å²) in [6, 6.07) is 15.1. The van der Waals surface area contributed by atoms with E-state index < -0.39 is 0 Å². The molecule has 1 aliphatic carbocycles. The van der Waals surface area contributed by atoms with Gasteiger partial charge < -0.3 is 0 Å². The summed E-state index contributed by atoms with van der Waals surface area (Å²) in [5, 5.41) is 0.